The molecule has 1 aromatic heterocycles. The molecule has 2 aromatic rings. The third kappa shape index (κ3) is 2.97. The maximum Gasteiger partial charge on any atom is 0.336 e. The first kappa shape index (κ1) is 14.1. The second kappa shape index (κ2) is 5.75. The number of carbonyl (C=O) groups is 1. The summed E-state index contributed by atoms with van der Waals surface area (Å²) in [6, 6.07) is 6.38. The molecule has 0 amide bonds. The first-order valence-electron chi connectivity index (χ1n) is 6.12. The van der Waals surface area contributed by atoms with Crippen molar-refractivity contribution in [3.63, 3.8) is 0 Å². The minimum absolute atomic E-state index is 0.0114. The molecule has 0 unspecified atom stereocenters. The summed E-state index contributed by atoms with van der Waals surface area (Å²) < 4.78 is 5.12. The second-order valence-electron chi connectivity index (χ2n) is 4.49. The Kier molecular flexibility index (Phi) is 4.05. The average Bonchev–Trinajstić information content (AvgIpc) is 2.37. The van der Waals surface area contributed by atoms with E-state index in [1.54, 1.807) is 25.2 Å². The van der Waals surface area contributed by atoms with Gasteiger partial charge in [-0.05, 0) is 17.7 Å². The number of carboxylic acids is 1. The van der Waals surface area contributed by atoms with Gasteiger partial charge in [0, 0.05) is 36.8 Å². The van der Waals surface area contributed by atoms with Gasteiger partial charge in [-0.3, -0.25) is 4.79 Å². The lowest BCUT2D eigenvalue weighted by atomic mass is 10.1. The molecule has 2 rings (SSSR count). The van der Waals surface area contributed by atoms with Crippen LogP contribution in [-0.4, -0.2) is 36.4 Å². The molecule has 0 bridgehead atoms. The van der Waals surface area contributed by atoms with E-state index >= 15 is 0 Å². The van der Waals surface area contributed by atoms with Crippen molar-refractivity contribution in [1.29, 1.82) is 0 Å². The lowest BCUT2D eigenvalue weighted by molar-refractivity contribution is -0.136. The van der Waals surface area contributed by atoms with Crippen LogP contribution >= 0.6 is 0 Å². The molecular formula is C14H15NO5. The lowest BCUT2D eigenvalue weighted by Gasteiger charge is -2.18. The molecule has 0 atom stereocenters. The van der Waals surface area contributed by atoms with Crippen molar-refractivity contribution in [3.8, 4) is 0 Å². The Hall–Kier alpha value is -2.34. The number of rotatable bonds is 5. The van der Waals surface area contributed by atoms with Crippen molar-refractivity contribution in [2.45, 2.75) is 6.42 Å². The Balaban J connectivity index is 2.53. The number of anilines is 1. The van der Waals surface area contributed by atoms with Gasteiger partial charge >= 0.3 is 11.6 Å². The van der Waals surface area contributed by atoms with Gasteiger partial charge in [-0.25, -0.2) is 4.79 Å². The topological polar surface area (TPSA) is 91.0 Å². The van der Waals surface area contributed by atoms with E-state index < -0.39 is 11.6 Å². The second-order valence-corrected chi connectivity index (χ2v) is 4.49. The van der Waals surface area contributed by atoms with Gasteiger partial charge in [0.05, 0.1) is 13.0 Å². The Labute approximate surface area is 114 Å². The number of nitrogens with zero attached hydrogens (tertiary/aromatic N) is 1. The van der Waals surface area contributed by atoms with Gasteiger partial charge in [-0.15, -0.1) is 0 Å². The molecule has 1 aromatic carbocycles. The summed E-state index contributed by atoms with van der Waals surface area (Å²) in [5.41, 5.74) is 0.981. The molecule has 0 aliphatic rings. The summed E-state index contributed by atoms with van der Waals surface area (Å²) in [6.07, 6.45) is -0.228. The van der Waals surface area contributed by atoms with Crippen LogP contribution in [-0.2, 0) is 11.2 Å². The third-order valence-electron chi connectivity index (χ3n) is 3.03. The van der Waals surface area contributed by atoms with Crippen LogP contribution in [0.15, 0.2) is 33.5 Å². The number of likely N-dealkylation sites (N-methyl/N-ethyl adjacent to an activating group) is 1. The van der Waals surface area contributed by atoms with E-state index in [2.05, 4.69) is 0 Å². The zero-order chi connectivity index (χ0) is 14.7. The summed E-state index contributed by atoms with van der Waals surface area (Å²) in [6.45, 7) is 0.460. The molecule has 0 spiro atoms. The number of hydrogen-bond donors (Lipinski definition) is 2. The number of benzene rings is 1. The average molecular weight is 277 g/mol. The van der Waals surface area contributed by atoms with Crippen molar-refractivity contribution in [3.05, 3.63) is 40.2 Å². The quantitative estimate of drug-likeness (QED) is 0.787. The highest BCUT2D eigenvalue weighted by Gasteiger charge is 2.10. The molecule has 0 radical (unpaired) electrons. The number of aliphatic carboxylic acids is 1. The summed E-state index contributed by atoms with van der Waals surface area (Å²) in [4.78, 5) is 24.1. The smallest absolute Gasteiger partial charge is 0.336 e. The van der Waals surface area contributed by atoms with Crippen molar-refractivity contribution < 1.29 is 19.4 Å². The minimum Gasteiger partial charge on any atom is -0.481 e. The zero-order valence-corrected chi connectivity index (χ0v) is 11.0. The van der Waals surface area contributed by atoms with E-state index in [1.165, 1.54) is 6.07 Å². The molecule has 0 aliphatic heterocycles. The summed E-state index contributed by atoms with van der Waals surface area (Å²) in [5, 5.41) is 18.4. The van der Waals surface area contributed by atoms with E-state index in [0.29, 0.717) is 23.1 Å². The number of aliphatic hydroxyl groups excluding tert-OH is 1. The van der Waals surface area contributed by atoms with Gasteiger partial charge in [0.2, 0.25) is 0 Å². The van der Waals surface area contributed by atoms with Crippen molar-refractivity contribution >= 4 is 22.6 Å². The number of carboxylic acid groups (broad SMARTS) is 1. The van der Waals surface area contributed by atoms with E-state index in [0.717, 1.165) is 5.69 Å². The van der Waals surface area contributed by atoms with Gasteiger partial charge < -0.3 is 19.5 Å². The van der Waals surface area contributed by atoms with Crippen LogP contribution in [0.25, 0.3) is 11.0 Å². The highest BCUT2D eigenvalue weighted by molar-refractivity contribution is 5.86. The normalized spacial score (nSPS) is 10.7. The minimum atomic E-state index is -1.00. The van der Waals surface area contributed by atoms with Gasteiger partial charge in [0.25, 0.3) is 0 Å². The standard InChI is InChI=1S/C14H15NO5/c1-15(4-5-16)10-2-3-11-9(6-13(17)18)7-14(19)20-12(11)8-10/h2-3,7-8,16H,4-6H2,1H3,(H,17,18). The zero-order valence-electron chi connectivity index (χ0n) is 11.0. The summed E-state index contributed by atoms with van der Waals surface area (Å²) in [7, 11) is 1.80. The molecule has 0 aliphatic carbocycles. The fourth-order valence-corrected chi connectivity index (χ4v) is 2.04. The van der Waals surface area contributed by atoms with Gasteiger partial charge in [-0.2, -0.15) is 0 Å². The summed E-state index contributed by atoms with van der Waals surface area (Å²) >= 11 is 0. The largest absolute Gasteiger partial charge is 0.481 e. The van der Waals surface area contributed by atoms with Crippen molar-refractivity contribution in [2.24, 2.45) is 0 Å². The van der Waals surface area contributed by atoms with Crippen LogP contribution in [0.2, 0.25) is 0 Å². The Morgan fingerprint density at radius 3 is 2.75 bits per heavy atom. The Bertz CT molecular complexity index is 692. The van der Waals surface area contributed by atoms with Crippen molar-refractivity contribution in [1.82, 2.24) is 0 Å². The van der Waals surface area contributed by atoms with Gasteiger partial charge in [0.1, 0.15) is 5.58 Å². The molecule has 0 saturated carbocycles. The highest BCUT2D eigenvalue weighted by atomic mass is 16.4. The molecule has 106 valence electrons. The lowest BCUT2D eigenvalue weighted by Crippen LogP contribution is -2.21. The van der Waals surface area contributed by atoms with Crippen LogP contribution in [0.1, 0.15) is 5.56 Å². The number of hydrogen-bond acceptors (Lipinski definition) is 5. The highest BCUT2D eigenvalue weighted by Crippen LogP contribution is 2.23. The van der Waals surface area contributed by atoms with Crippen LogP contribution in [0.3, 0.4) is 0 Å². The van der Waals surface area contributed by atoms with E-state index in [1.807, 2.05) is 4.90 Å². The Morgan fingerprint density at radius 2 is 2.10 bits per heavy atom. The maximum atomic E-state index is 11.5. The molecule has 6 nitrogen and oxygen atoms in total. The summed E-state index contributed by atoms with van der Waals surface area (Å²) in [5.74, 6) is -1.00. The van der Waals surface area contributed by atoms with Crippen LogP contribution < -0.4 is 10.5 Å². The monoisotopic (exact) mass is 277 g/mol. The molecule has 1 heterocycles. The SMILES string of the molecule is CN(CCO)c1ccc2c(CC(=O)O)cc(=O)oc2c1. The molecule has 0 saturated heterocycles. The Morgan fingerprint density at radius 1 is 1.35 bits per heavy atom. The fourth-order valence-electron chi connectivity index (χ4n) is 2.04. The van der Waals surface area contributed by atoms with Crippen LogP contribution in [0.4, 0.5) is 5.69 Å². The van der Waals surface area contributed by atoms with E-state index in [4.69, 9.17) is 14.6 Å². The fraction of sp³-hybridized carbons (Fsp3) is 0.286. The van der Waals surface area contributed by atoms with E-state index in [-0.39, 0.29) is 13.0 Å². The number of fused-ring (bicyclic) bond motifs is 1. The molecule has 20 heavy (non-hydrogen) atoms. The van der Waals surface area contributed by atoms with Gasteiger partial charge in [-0.1, -0.05) is 0 Å². The van der Waals surface area contributed by atoms with Gasteiger partial charge in [0.15, 0.2) is 0 Å². The first-order chi connectivity index (χ1) is 9.51. The van der Waals surface area contributed by atoms with E-state index in [9.17, 15) is 9.59 Å². The van der Waals surface area contributed by atoms with Crippen LogP contribution in [0, 0.1) is 0 Å². The number of aliphatic hydroxyl groups is 1. The maximum absolute atomic E-state index is 11.5. The molecule has 0 fully saturated rings. The molecular weight excluding hydrogens is 262 g/mol. The molecule has 6 heteroatoms. The predicted molar refractivity (Wildman–Crippen MR) is 74.2 cm³/mol. The first-order valence-corrected chi connectivity index (χ1v) is 6.12. The van der Waals surface area contributed by atoms with Crippen LogP contribution in [0.5, 0.6) is 0 Å². The third-order valence-corrected chi connectivity index (χ3v) is 3.03. The predicted octanol–water partition coefficient (Wildman–Crippen LogP) is 0.849. The van der Waals surface area contributed by atoms with Crippen molar-refractivity contribution in [2.75, 3.05) is 25.1 Å². The molecule has 2 N–H and O–H groups in total.